The van der Waals surface area contributed by atoms with E-state index in [1.54, 1.807) is 11.8 Å². The van der Waals surface area contributed by atoms with Crippen LogP contribution in [-0.2, 0) is 20.5 Å². The number of rotatable bonds is 5. The highest BCUT2D eigenvalue weighted by Gasteiger charge is 2.18. The first-order valence-electron chi connectivity index (χ1n) is 6.88. The topological polar surface area (TPSA) is 61.7 Å². The predicted molar refractivity (Wildman–Crippen MR) is 82.0 cm³/mol. The summed E-state index contributed by atoms with van der Waals surface area (Å²) in [4.78, 5) is 0. The fraction of sp³-hybridized carbons (Fsp3) is 0.571. The lowest BCUT2D eigenvalue weighted by Gasteiger charge is -2.10. The number of hydrogen-bond donors (Lipinski definition) is 1. The summed E-state index contributed by atoms with van der Waals surface area (Å²) in [5.74, 6) is 0. The molecular weight excluding hydrogens is 270 g/mol. The summed E-state index contributed by atoms with van der Waals surface area (Å²) >= 11 is 1.71. The third-order valence-corrected chi connectivity index (χ3v) is 4.73. The average Bonchev–Trinajstić information content (AvgIpc) is 2.83. The Morgan fingerprint density at radius 2 is 1.95 bits per heavy atom. The highest BCUT2D eigenvalue weighted by Crippen LogP contribution is 2.32. The maximum atomic E-state index is 6.12. The van der Waals surface area contributed by atoms with Crippen LogP contribution >= 0.6 is 11.8 Å². The first-order valence-corrected chi connectivity index (χ1v) is 7.70. The number of aromatic nitrogens is 4. The molecule has 0 aliphatic heterocycles. The second-order valence-corrected chi connectivity index (χ2v) is 6.22. The van der Waals surface area contributed by atoms with Crippen LogP contribution in [0.3, 0.4) is 0 Å². The van der Waals surface area contributed by atoms with E-state index in [1.807, 2.05) is 30.4 Å². The van der Waals surface area contributed by atoms with Crippen LogP contribution in [0.5, 0.6) is 0 Å². The molecule has 0 amide bonds. The molecule has 6 heteroatoms. The standard InChI is InChI=1S/C14H23N5S/c1-6-11(15)8-12-10(3)17-19(5)14(12)20-13-7-9(2)16-18(13)4/h7,11H,6,8,15H2,1-5H3. The number of nitrogens with zero attached hydrogens (tertiary/aromatic N) is 4. The van der Waals surface area contributed by atoms with E-state index in [9.17, 15) is 0 Å². The van der Waals surface area contributed by atoms with Crippen LogP contribution in [0.2, 0.25) is 0 Å². The lowest BCUT2D eigenvalue weighted by molar-refractivity contribution is 0.630. The fourth-order valence-corrected chi connectivity index (χ4v) is 3.36. The van der Waals surface area contributed by atoms with Gasteiger partial charge >= 0.3 is 0 Å². The van der Waals surface area contributed by atoms with Crippen molar-refractivity contribution in [2.45, 2.75) is 49.7 Å². The van der Waals surface area contributed by atoms with E-state index in [2.05, 4.69) is 30.1 Å². The average molecular weight is 293 g/mol. The lowest BCUT2D eigenvalue weighted by atomic mass is 10.1. The van der Waals surface area contributed by atoms with Gasteiger partial charge in [-0.2, -0.15) is 10.2 Å². The van der Waals surface area contributed by atoms with Gasteiger partial charge in [-0.15, -0.1) is 0 Å². The molecule has 110 valence electrons. The predicted octanol–water partition coefficient (Wildman–Crippen LogP) is 2.20. The van der Waals surface area contributed by atoms with Crippen LogP contribution in [-0.4, -0.2) is 25.6 Å². The molecule has 2 N–H and O–H groups in total. The summed E-state index contributed by atoms with van der Waals surface area (Å²) in [6.07, 6.45) is 1.85. The Morgan fingerprint density at radius 1 is 1.25 bits per heavy atom. The molecule has 0 saturated heterocycles. The monoisotopic (exact) mass is 293 g/mol. The molecule has 0 aliphatic rings. The minimum absolute atomic E-state index is 0.186. The van der Waals surface area contributed by atoms with Crippen LogP contribution in [0.4, 0.5) is 0 Å². The van der Waals surface area contributed by atoms with E-state index in [0.29, 0.717) is 0 Å². The molecule has 0 aromatic carbocycles. The van der Waals surface area contributed by atoms with Crippen molar-refractivity contribution in [2.75, 3.05) is 0 Å². The van der Waals surface area contributed by atoms with Gasteiger partial charge in [0.1, 0.15) is 10.1 Å². The molecule has 0 bridgehead atoms. The van der Waals surface area contributed by atoms with Gasteiger partial charge in [0.15, 0.2) is 0 Å². The van der Waals surface area contributed by atoms with Crippen LogP contribution in [0.1, 0.15) is 30.3 Å². The van der Waals surface area contributed by atoms with E-state index in [0.717, 1.165) is 34.3 Å². The highest BCUT2D eigenvalue weighted by molar-refractivity contribution is 7.99. The molecule has 1 atom stereocenters. The zero-order valence-corrected chi connectivity index (χ0v) is 13.7. The largest absolute Gasteiger partial charge is 0.327 e. The molecular formula is C14H23N5S. The Morgan fingerprint density at radius 3 is 2.50 bits per heavy atom. The SMILES string of the molecule is CCC(N)Cc1c(C)nn(C)c1Sc1cc(C)nn1C. The maximum Gasteiger partial charge on any atom is 0.103 e. The minimum Gasteiger partial charge on any atom is -0.327 e. The normalized spacial score (nSPS) is 12.9. The molecule has 2 aromatic heterocycles. The van der Waals surface area contributed by atoms with Crippen molar-refractivity contribution < 1.29 is 0 Å². The zero-order valence-electron chi connectivity index (χ0n) is 12.8. The molecule has 2 aromatic rings. The summed E-state index contributed by atoms with van der Waals surface area (Å²) in [6, 6.07) is 2.28. The summed E-state index contributed by atoms with van der Waals surface area (Å²) in [5, 5.41) is 11.2. The number of hydrogen-bond acceptors (Lipinski definition) is 4. The van der Waals surface area contributed by atoms with Crippen molar-refractivity contribution in [3.63, 3.8) is 0 Å². The Bertz CT molecular complexity index is 599. The summed E-state index contributed by atoms with van der Waals surface area (Å²) < 4.78 is 3.85. The fourth-order valence-electron chi connectivity index (χ4n) is 2.23. The molecule has 2 rings (SSSR count). The van der Waals surface area contributed by atoms with Gasteiger partial charge in [-0.1, -0.05) is 18.7 Å². The van der Waals surface area contributed by atoms with Crippen LogP contribution in [0, 0.1) is 13.8 Å². The van der Waals surface area contributed by atoms with E-state index < -0.39 is 0 Å². The van der Waals surface area contributed by atoms with Crippen molar-refractivity contribution in [1.82, 2.24) is 19.6 Å². The van der Waals surface area contributed by atoms with E-state index in [4.69, 9.17) is 5.73 Å². The molecule has 0 spiro atoms. The van der Waals surface area contributed by atoms with Gasteiger partial charge in [-0.3, -0.25) is 9.36 Å². The molecule has 0 aliphatic carbocycles. The van der Waals surface area contributed by atoms with Gasteiger partial charge in [-0.25, -0.2) is 0 Å². The molecule has 20 heavy (non-hydrogen) atoms. The van der Waals surface area contributed by atoms with Gasteiger partial charge < -0.3 is 5.73 Å². The third-order valence-electron chi connectivity index (χ3n) is 3.44. The van der Waals surface area contributed by atoms with Crippen LogP contribution in [0.15, 0.2) is 16.1 Å². The van der Waals surface area contributed by atoms with Gasteiger partial charge in [0, 0.05) is 25.7 Å². The molecule has 0 radical (unpaired) electrons. The van der Waals surface area contributed by atoms with E-state index >= 15 is 0 Å². The van der Waals surface area contributed by atoms with E-state index in [-0.39, 0.29) is 6.04 Å². The summed E-state index contributed by atoms with van der Waals surface area (Å²) in [7, 11) is 3.95. The minimum atomic E-state index is 0.186. The van der Waals surface area contributed by atoms with Crippen molar-refractivity contribution >= 4 is 11.8 Å². The zero-order chi connectivity index (χ0) is 14.9. The van der Waals surface area contributed by atoms with Crippen LogP contribution in [0.25, 0.3) is 0 Å². The highest BCUT2D eigenvalue weighted by atomic mass is 32.2. The molecule has 1 unspecified atom stereocenters. The quantitative estimate of drug-likeness (QED) is 0.918. The number of nitrogens with two attached hydrogens (primary N) is 1. The Balaban J connectivity index is 2.33. The van der Waals surface area contributed by atoms with Gasteiger partial charge in [-0.05, 0) is 32.8 Å². The molecule has 0 saturated carbocycles. The van der Waals surface area contributed by atoms with Gasteiger partial charge in [0.25, 0.3) is 0 Å². The smallest absolute Gasteiger partial charge is 0.103 e. The number of aryl methyl sites for hydroxylation is 4. The Kier molecular flexibility index (Phi) is 4.55. The summed E-state index contributed by atoms with van der Waals surface area (Å²) in [5.41, 5.74) is 9.47. The first-order chi connectivity index (χ1) is 9.42. The summed E-state index contributed by atoms with van der Waals surface area (Å²) in [6.45, 7) is 6.18. The molecule has 2 heterocycles. The van der Waals surface area contributed by atoms with Gasteiger partial charge in [0.05, 0.1) is 11.4 Å². The van der Waals surface area contributed by atoms with Crippen molar-refractivity contribution in [3.05, 3.63) is 23.0 Å². The Labute approximate surface area is 124 Å². The second kappa shape index (κ2) is 6.01. The Hall–Kier alpha value is -1.27. The van der Waals surface area contributed by atoms with Gasteiger partial charge in [0.2, 0.25) is 0 Å². The van der Waals surface area contributed by atoms with Crippen LogP contribution < -0.4 is 5.73 Å². The lowest BCUT2D eigenvalue weighted by Crippen LogP contribution is -2.22. The van der Waals surface area contributed by atoms with Crippen molar-refractivity contribution in [2.24, 2.45) is 19.8 Å². The van der Waals surface area contributed by atoms with E-state index in [1.165, 1.54) is 5.56 Å². The first kappa shape index (κ1) is 15.1. The maximum absolute atomic E-state index is 6.12. The molecule has 5 nitrogen and oxygen atoms in total. The molecule has 0 fully saturated rings. The third kappa shape index (κ3) is 3.07. The van der Waals surface area contributed by atoms with Crippen molar-refractivity contribution in [3.8, 4) is 0 Å². The second-order valence-electron chi connectivity index (χ2n) is 5.21. The van der Waals surface area contributed by atoms with Crippen molar-refractivity contribution in [1.29, 1.82) is 0 Å².